The number of hydrogen-bond donors (Lipinski definition) is 2. The van der Waals surface area contributed by atoms with Gasteiger partial charge in [0, 0.05) is 37.7 Å². The smallest absolute Gasteiger partial charge is 0.223 e. The van der Waals surface area contributed by atoms with Crippen molar-refractivity contribution in [2.45, 2.75) is 32.2 Å². The van der Waals surface area contributed by atoms with Gasteiger partial charge in [-0.1, -0.05) is 30.3 Å². The van der Waals surface area contributed by atoms with Gasteiger partial charge in [0.15, 0.2) is 0 Å². The number of nitrogens with one attached hydrogen (secondary N) is 2. The van der Waals surface area contributed by atoms with Gasteiger partial charge in [-0.15, -0.1) is 0 Å². The van der Waals surface area contributed by atoms with E-state index in [4.69, 9.17) is 0 Å². The van der Waals surface area contributed by atoms with Crippen LogP contribution in [0.5, 0.6) is 0 Å². The van der Waals surface area contributed by atoms with Crippen molar-refractivity contribution in [2.24, 2.45) is 5.92 Å². The molecule has 1 amide bonds. The number of piperidine rings is 1. The summed E-state index contributed by atoms with van der Waals surface area (Å²) in [6, 6.07) is 10.3. The summed E-state index contributed by atoms with van der Waals surface area (Å²) < 4.78 is 0. The lowest BCUT2D eigenvalue weighted by Crippen LogP contribution is -2.42. The first-order valence-corrected chi connectivity index (χ1v) is 9.91. The fourth-order valence-electron chi connectivity index (χ4n) is 4.01. The molecule has 0 spiro atoms. The molecule has 1 fully saturated rings. The van der Waals surface area contributed by atoms with E-state index in [0.717, 1.165) is 63.4 Å². The van der Waals surface area contributed by atoms with E-state index in [9.17, 15) is 4.79 Å². The second-order valence-electron chi connectivity index (χ2n) is 7.34. The minimum Gasteiger partial charge on any atom is -0.356 e. The Balaban J connectivity index is 1.28. The molecule has 2 N–H and O–H groups in total. The molecule has 0 saturated carbocycles. The molecule has 27 heavy (non-hydrogen) atoms. The summed E-state index contributed by atoms with van der Waals surface area (Å²) >= 11 is 0. The van der Waals surface area contributed by atoms with Crippen molar-refractivity contribution in [3.8, 4) is 0 Å². The van der Waals surface area contributed by atoms with E-state index in [0.29, 0.717) is 6.54 Å². The molecular weight excluding hydrogens is 338 g/mol. The van der Waals surface area contributed by atoms with Crippen LogP contribution in [-0.4, -0.2) is 42.1 Å². The zero-order valence-corrected chi connectivity index (χ0v) is 15.7. The van der Waals surface area contributed by atoms with Crippen LogP contribution in [0.1, 0.15) is 29.7 Å². The lowest BCUT2D eigenvalue weighted by molar-refractivity contribution is -0.125. The van der Waals surface area contributed by atoms with E-state index in [-0.39, 0.29) is 11.8 Å². The maximum atomic E-state index is 12.5. The molecule has 0 unspecified atom stereocenters. The quantitative estimate of drug-likeness (QED) is 0.844. The maximum absolute atomic E-state index is 12.5. The molecule has 0 atom stereocenters. The standard InChI is InChI=1S/C21H27N5O/c27-21(23-11-6-16-4-2-1-3-5-16)17-8-12-26(13-9-17)20-18-7-10-22-14-19(18)24-15-25-20/h1-5,15,17,22H,6-14H2,(H,23,27). The molecule has 0 aliphatic carbocycles. The summed E-state index contributed by atoms with van der Waals surface area (Å²) in [7, 11) is 0. The Kier molecular flexibility index (Phi) is 5.63. The van der Waals surface area contributed by atoms with Crippen molar-refractivity contribution in [3.05, 3.63) is 53.5 Å². The van der Waals surface area contributed by atoms with Crippen LogP contribution in [0.4, 0.5) is 5.82 Å². The van der Waals surface area contributed by atoms with Gasteiger partial charge in [-0.3, -0.25) is 4.79 Å². The van der Waals surface area contributed by atoms with Gasteiger partial charge in [0.25, 0.3) is 0 Å². The monoisotopic (exact) mass is 365 g/mol. The molecule has 0 bridgehead atoms. The van der Waals surface area contributed by atoms with Crippen LogP contribution < -0.4 is 15.5 Å². The third kappa shape index (κ3) is 4.27. The minimum absolute atomic E-state index is 0.108. The Morgan fingerprint density at radius 1 is 1.19 bits per heavy atom. The highest BCUT2D eigenvalue weighted by atomic mass is 16.1. The fraction of sp³-hybridized carbons (Fsp3) is 0.476. The molecule has 2 aliphatic rings. The molecule has 0 radical (unpaired) electrons. The Bertz CT molecular complexity index is 771. The molecule has 6 nitrogen and oxygen atoms in total. The Labute approximate surface area is 160 Å². The molecule has 3 heterocycles. The molecule has 4 rings (SSSR count). The lowest BCUT2D eigenvalue weighted by Gasteiger charge is -2.34. The highest BCUT2D eigenvalue weighted by Crippen LogP contribution is 2.27. The molecular formula is C21H27N5O. The van der Waals surface area contributed by atoms with Gasteiger partial charge < -0.3 is 15.5 Å². The number of rotatable bonds is 5. The predicted molar refractivity (Wildman–Crippen MR) is 106 cm³/mol. The van der Waals surface area contributed by atoms with Crippen molar-refractivity contribution in [2.75, 3.05) is 31.1 Å². The molecule has 142 valence electrons. The minimum atomic E-state index is 0.108. The van der Waals surface area contributed by atoms with Gasteiger partial charge >= 0.3 is 0 Å². The Morgan fingerprint density at radius 3 is 2.81 bits per heavy atom. The zero-order valence-electron chi connectivity index (χ0n) is 15.7. The number of carbonyl (C=O) groups excluding carboxylic acids is 1. The first kappa shape index (κ1) is 17.9. The first-order chi connectivity index (χ1) is 13.3. The summed E-state index contributed by atoms with van der Waals surface area (Å²) in [5, 5.41) is 6.48. The summed E-state index contributed by atoms with van der Waals surface area (Å²) in [6.45, 7) is 4.27. The number of amides is 1. The topological polar surface area (TPSA) is 70.2 Å². The number of hydrogen-bond acceptors (Lipinski definition) is 5. The van der Waals surface area contributed by atoms with Crippen molar-refractivity contribution in [3.63, 3.8) is 0 Å². The predicted octanol–water partition coefficient (Wildman–Crippen LogP) is 1.70. The summed E-state index contributed by atoms with van der Waals surface area (Å²) in [4.78, 5) is 23.8. The third-order valence-corrected chi connectivity index (χ3v) is 5.58. The Hall–Kier alpha value is -2.47. The maximum Gasteiger partial charge on any atom is 0.223 e. The zero-order chi connectivity index (χ0) is 18.5. The summed E-state index contributed by atoms with van der Waals surface area (Å²) in [5.41, 5.74) is 3.66. The number of benzene rings is 1. The molecule has 1 aromatic heterocycles. The molecule has 1 saturated heterocycles. The van der Waals surface area contributed by atoms with Crippen molar-refractivity contribution < 1.29 is 4.79 Å². The Morgan fingerprint density at radius 2 is 2.00 bits per heavy atom. The van der Waals surface area contributed by atoms with E-state index < -0.39 is 0 Å². The van der Waals surface area contributed by atoms with Gasteiger partial charge in [0.2, 0.25) is 5.91 Å². The van der Waals surface area contributed by atoms with Crippen LogP contribution in [0.3, 0.4) is 0 Å². The summed E-state index contributed by atoms with van der Waals surface area (Å²) in [5.74, 6) is 1.38. The molecule has 6 heteroatoms. The van der Waals surface area contributed by atoms with E-state index in [1.54, 1.807) is 6.33 Å². The number of fused-ring (bicyclic) bond motifs is 1. The SMILES string of the molecule is O=C(NCCc1ccccc1)C1CCN(c2ncnc3c2CCNC3)CC1. The van der Waals surface area contributed by atoms with E-state index in [1.807, 2.05) is 18.2 Å². The number of carbonyl (C=O) groups is 1. The van der Waals surface area contributed by atoms with E-state index in [2.05, 4.69) is 37.6 Å². The van der Waals surface area contributed by atoms with Crippen LogP contribution in [-0.2, 0) is 24.2 Å². The third-order valence-electron chi connectivity index (χ3n) is 5.58. The van der Waals surface area contributed by atoms with Gasteiger partial charge in [0.1, 0.15) is 12.1 Å². The molecule has 2 aromatic rings. The largest absolute Gasteiger partial charge is 0.356 e. The number of nitrogens with zero attached hydrogens (tertiary/aromatic N) is 3. The highest BCUT2D eigenvalue weighted by molar-refractivity contribution is 5.79. The molecule has 1 aromatic carbocycles. The average Bonchev–Trinajstić information content (AvgIpc) is 2.74. The number of anilines is 1. The molecule has 2 aliphatic heterocycles. The van der Waals surface area contributed by atoms with Crippen molar-refractivity contribution in [1.82, 2.24) is 20.6 Å². The van der Waals surface area contributed by atoms with E-state index >= 15 is 0 Å². The highest BCUT2D eigenvalue weighted by Gasteiger charge is 2.27. The number of aromatic nitrogens is 2. The summed E-state index contributed by atoms with van der Waals surface area (Å²) in [6.07, 6.45) is 5.30. The lowest BCUT2D eigenvalue weighted by atomic mass is 9.95. The van der Waals surface area contributed by atoms with Gasteiger partial charge in [-0.05, 0) is 37.8 Å². The van der Waals surface area contributed by atoms with Crippen LogP contribution in [0, 0.1) is 5.92 Å². The first-order valence-electron chi connectivity index (χ1n) is 9.91. The van der Waals surface area contributed by atoms with Crippen molar-refractivity contribution in [1.29, 1.82) is 0 Å². The second-order valence-corrected chi connectivity index (χ2v) is 7.34. The van der Waals surface area contributed by atoms with Gasteiger partial charge in [-0.25, -0.2) is 9.97 Å². The van der Waals surface area contributed by atoms with Gasteiger partial charge in [-0.2, -0.15) is 0 Å². The van der Waals surface area contributed by atoms with Crippen LogP contribution in [0.15, 0.2) is 36.7 Å². The van der Waals surface area contributed by atoms with Crippen molar-refractivity contribution >= 4 is 11.7 Å². The van der Waals surface area contributed by atoms with Crippen LogP contribution in [0.25, 0.3) is 0 Å². The van der Waals surface area contributed by atoms with Crippen LogP contribution in [0.2, 0.25) is 0 Å². The van der Waals surface area contributed by atoms with Gasteiger partial charge in [0.05, 0.1) is 5.69 Å². The normalized spacial score (nSPS) is 17.4. The van der Waals surface area contributed by atoms with Crippen LogP contribution >= 0.6 is 0 Å². The van der Waals surface area contributed by atoms with E-state index in [1.165, 1.54) is 11.1 Å². The fourth-order valence-corrected chi connectivity index (χ4v) is 4.01. The average molecular weight is 365 g/mol. The second kappa shape index (κ2) is 8.48.